The van der Waals surface area contributed by atoms with Gasteiger partial charge >= 0.3 is 11.9 Å². The molecule has 0 heterocycles. The van der Waals surface area contributed by atoms with Crippen molar-refractivity contribution in [3.05, 3.63) is 12.2 Å². The van der Waals surface area contributed by atoms with Crippen molar-refractivity contribution in [3.63, 3.8) is 0 Å². The van der Waals surface area contributed by atoms with Gasteiger partial charge in [-0.2, -0.15) is 0 Å². The van der Waals surface area contributed by atoms with E-state index in [-0.39, 0.29) is 5.57 Å². The minimum Gasteiger partial charge on any atom is -0.425 e. The summed E-state index contributed by atoms with van der Waals surface area (Å²) in [6, 6.07) is 0. The fourth-order valence-corrected chi connectivity index (χ4v) is 0.596. The Morgan fingerprint density at radius 2 is 1.85 bits per heavy atom. The fourth-order valence-electron chi connectivity index (χ4n) is 0.596. The van der Waals surface area contributed by atoms with E-state index in [0.29, 0.717) is 6.42 Å². The van der Waals surface area contributed by atoms with Crippen molar-refractivity contribution < 1.29 is 19.1 Å². The molecule has 1 unspecified atom stereocenters. The molecule has 0 bridgehead atoms. The third-order valence-corrected chi connectivity index (χ3v) is 1.22. The quantitative estimate of drug-likeness (QED) is 0.378. The molecule has 13 heavy (non-hydrogen) atoms. The zero-order valence-electron chi connectivity index (χ0n) is 8.12. The number of ether oxygens (including phenoxy) is 2. The maximum absolute atomic E-state index is 11.0. The van der Waals surface area contributed by atoms with Gasteiger partial charge in [-0.1, -0.05) is 13.5 Å². The molecule has 0 amide bonds. The van der Waals surface area contributed by atoms with Gasteiger partial charge in [-0.3, -0.25) is 4.79 Å². The van der Waals surface area contributed by atoms with Gasteiger partial charge in [-0.25, -0.2) is 4.79 Å². The predicted octanol–water partition coefficient (Wildman–Crippen LogP) is 1.40. The Bertz CT molecular complexity index is 220. The summed E-state index contributed by atoms with van der Waals surface area (Å²) >= 11 is 0. The number of rotatable bonds is 4. The molecule has 4 nitrogen and oxygen atoms in total. The first kappa shape index (κ1) is 11.7. The molecular formula is C9H14O4. The zero-order chi connectivity index (χ0) is 10.4. The summed E-state index contributed by atoms with van der Waals surface area (Å²) in [5.74, 6) is -1.02. The molecule has 0 aromatic heterocycles. The molecule has 0 radical (unpaired) electrons. The Labute approximate surface area is 77.5 Å². The summed E-state index contributed by atoms with van der Waals surface area (Å²) in [6.07, 6.45) is -0.375. The van der Waals surface area contributed by atoms with E-state index in [1.165, 1.54) is 13.8 Å². The average molecular weight is 186 g/mol. The molecule has 1 atom stereocenters. The molecule has 0 spiro atoms. The van der Waals surface area contributed by atoms with Crippen molar-refractivity contribution >= 4 is 11.9 Å². The zero-order valence-corrected chi connectivity index (χ0v) is 8.12. The van der Waals surface area contributed by atoms with Crippen LogP contribution in [0.2, 0.25) is 0 Å². The molecule has 0 saturated carbocycles. The van der Waals surface area contributed by atoms with Gasteiger partial charge < -0.3 is 9.47 Å². The topological polar surface area (TPSA) is 52.6 Å². The molecule has 0 fully saturated rings. The largest absolute Gasteiger partial charge is 0.425 e. The van der Waals surface area contributed by atoms with Gasteiger partial charge in [0.2, 0.25) is 6.29 Å². The van der Waals surface area contributed by atoms with Crippen LogP contribution in [0, 0.1) is 0 Å². The van der Waals surface area contributed by atoms with Crippen LogP contribution in [0.4, 0.5) is 0 Å². The van der Waals surface area contributed by atoms with Crippen LogP contribution in [-0.4, -0.2) is 18.2 Å². The second-order valence-electron chi connectivity index (χ2n) is 2.63. The minimum absolute atomic E-state index is 0.283. The summed E-state index contributed by atoms with van der Waals surface area (Å²) in [5, 5.41) is 0. The molecule has 0 saturated heterocycles. The average Bonchev–Trinajstić information content (AvgIpc) is 2.02. The number of hydrogen-bond acceptors (Lipinski definition) is 4. The van der Waals surface area contributed by atoms with Crippen LogP contribution in [-0.2, 0) is 19.1 Å². The first-order valence-corrected chi connectivity index (χ1v) is 4.01. The maximum atomic E-state index is 11.0. The summed E-state index contributed by atoms with van der Waals surface area (Å²) in [4.78, 5) is 21.5. The molecule has 0 aliphatic heterocycles. The molecule has 4 heteroatoms. The van der Waals surface area contributed by atoms with Crippen molar-refractivity contribution in [2.24, 2.45) is 0 Å². The second-order valence-corrected chi connectivity index (χ2v) is 2.63. The van der Waals surface area contributed by atoms with Gasteiger partial charge in [-0.05, 0) is 6.92 Å². The van der Waals surface area contributed by atoms with E-state index in [2.05, 4.69) is 6.58 Å². The van der Waals surface area contributed by atoms with Crippen molar-refractivity contribution in [3.8, 4) is 0 Å². The third-order valence-electron chi connectivity index (χ3n) is 1.22. The molecule has 0 rings (SSSR count). The SMILES string of the molecule is C=C(C)C(=O)OC(CC)OC(C)=O. The lowest BCUT2D eigenvalue weighted by Crippen LogP contribution is -2.23. The number of carbonyl (C=O) groups is 2. The Kier molecular flexibility index (Phi) is 4.80. The summed E-state index contributed by atoms with van der Waals surface area (Å²) in [5.41, 5.74) is 0.283. The lowest BCUT2D eigenvalue weighted by molar-refractivity contribution is -0.183. The predicted molar refractivity (Wildman–Crippen MR) is 46.8 cm³/mol. The number of hydrogen-bond donors (Lipinski definition) is 0. The first-order valence-electron chi connectivity index (χ1n) is 4.01. The van der Waals surface area contributed by atoms with E-state index in [4.69, 9.17) is 9.47 Å². The van der Waals surface area contributed by atoms with Crippen LogP contribution in [0.3, 0.4) is 0 Å². The summed E-state index contributed by atoms with van der Waals surface area (Å²) in [7, 11) is 0. The van der Waals surface area contributed by atoms with Gasteiger partial charge in [0.05, 0.1) is 0 Å². The van der Waals surface area contributed by atoms with E-state index in [9.17, 15) is 9.59 Å². The van der Waals surface area contributed by atoms with Gasteiger partial charge in [0.1, 0.15) is 0 Å². The summed E-state index contributed by atoms with van der Waals surface area (Å²) in [6.45, 7) is 7.95. The standard InChI is InChI=1S/C9H14O4/c1-5-8(12-7(4)10)13-9(11)6(2)3/h8H,2,5H2,1,3-4H3. The van der Waals surface area contributed by atoms with Gasteiger partial charge in [0.15, 0.2) is 0 Å². The number of esters is 2. The molecule has 0 aliphatic rings. The van der Waals surface area contributed by atoms with E-state index in [1.807, 2.05) is 0 Å². The van der Waals surface area contributed by atoms with E-state index < -0.39 is 18.2 Å². The third kappa shape index (κ3) is 5.00. The molecule has 0 aromatic carbocycles. The monoisotopic (exact) mass is 186 g/mol. The van der Waals surface area contributed by atoms with Crippen molar-refractivity contribution in [1.82, 2.24) is 0 Å². The van der Waals surface area contributed by atoms with Gasteiger partial charge in [0, 0.05) is 18.9 Å². The van der Waals surface area contributed by atoms with Crippen molar-refractivity contribution in [2.75, 3.05) is 0 Å². The van der Waals surface area contributed by atoms with Crippen molar-refractivity contribution in [2.45, 2.75) is 33.5 Å². The highest BCUT2D eigenvalue weighted by Crippen LogP contribution is 2.04. The highest BCUT2D eigenvalue weighted by atomic mass is 16.7. The van der Waals surface area contributed by atoms with Crippen LogP contribution in [0.15, 0.2) is 12.2 Å². The summed E-state index contributed by atoms with van der Waals surface area (Å²) < 4.78 is 9.49. The highest BCUT2D eigenvalue weighted by Gasteiger charge is 2.14. The van der Waals surface area contributed by atoms with Crippen LogP contribution in [0.25, 0.3) is 0 Å². The minimum atomic E-state index is -0.804. The first-order chi connectivity index (χ1) is 5.97. The van der Waals surface area contributed by atoms with E-state index >= 15 is 0 Å². The van der Waals surface area contributed by atoms with Crippen molar-refractivity contribution in [1.29, 1.82) is 0 Å². The fraction of sp³-hybridized carbons (Fsp3) is 0.556. The van der Waals surface area contributed by atoms with Crippen LogP contribution in [0.5, 0.6) is 0 Å². The molecule has 0 N–H and O–H groups in total. The molecule has 0 aliphatic carbocycles. The lowest BCUT2D eigenvalue weighted by Gasteiger charge is -2.15. The Morgan fingerprint density at radius 1 is 1.31 bits per heavy atom. The number of carbonyl (C=O) groups excluding carboxylic acids is 2. The highest BCUT2D eigenvalue weighted by molar-refractivity contribution is 5.87. The van der Waals surface area contributed by atoms with Gasteiger partial charge in [0.25, 0.3) is 0 Å². The van der Waals surface area contributed by atoms with Crippen LogP contribution < -0.4 is 0 Å². The second kappa shape index (κ2) is 5.35. The maximum Gasteiger partial charge on any atom is 0.336 e. The Morgan fingerprint density at radius 3 is 2.15 bits per heavy atom. The lowest BCUT2D eigenvalue weighted by atomic mass is 10.3. The molecular weight excluding hydrogens is 172 g/mol. The Balaban J connectivity index is 4.05. The van der Waals surface area contributed by atoms with Gasteiger partial charge in [-0.15, -0.1) is 0 Å². The van der Waals surface area contributed by atoms with E-state index in [0.717, 1.165) is 0 Å². The Hall–Kier alpha value is -1.32. The smallest absolute Gasteiger partial charge is 0.336 e. The van der Waals surface area contributed by atoms with E-state index in [1.54, 1.807) is 6.92 Å². The normalized spacial score (nSPS) is 11.6. The molecule has 74 valence electrons. The van der Waals surface area contributed by atoms with Crippen LogP contribution in [0.1, 0.15) is 27.2 Å². The molecule has 0 aromatic rings. The van der Waals surface area contributed by atoms with Crippen LogP contribution >= 0.6 is 0 Å².